The Bertz CT molecular complexity index is 247. The highest BCUT2D eigenvalue weighted by Crippen LogP contribution is 2.16. The average molecular weight is 185 g/mol. The summed E-state index contributed by atoms with van der Waals surface area (Å²) in [6.07, 6.45) is 0. The van der Waals surface area contributed by atoms with Gasteiger partial charge in [0.1, 0.15) is 16.7 Å². The van der Waals surface area contributed by atoms with E-state index in [0.717, 1.165) is 5.03 Å². The maximum Gasteiger partial charge on any atom is 0.128 e. The second-order valence-electron chi connectivity index (χ2n) is 2.25. The van der Waals surface area contributed by atoms with E-state index < -0.39 is 0 Å². The fraction of sp³-hybridized carbons (Fsp3) is 0.429. The lowest BCUT2D eigenvalue weighted by Crippen LogP contribution is -1.97. The van der Waals surface area contributed by atoms with Crippen LogP contribution in [-0.4, -0.2) is 27.4 Å². The van der Waals surface area contributed by atoms with Crippen LogP contribution in [0.3, 0.4) is 0 Å². The topological polar surface area (TPSA) is 72.0 Å². The van der Waals surface area contributed by atoms with Gasteiger partial charge < -0.3 is 10.8 Å². The number of nitrogen functional groups attached to an aromatic ring is 1. The maximum atomic E-state index is 8.57. The SMILES string of the molecule is Cc1nc(N)cc(SCCO)n1. The van der Waals surface area contributed by atoms with Gasteiger partial charge in [-0.2, -0.15) is 0 Å². The summed E-state index contributed by atoms with van der Waals surface area (Å²) in [7, 11) is 0. The molecule has 0 aromatic carbocycles. The first-order valence-electron chi connectivity index (χ1n) is 3.57. The number of nitrogens with two attached hydrogens (primary N) is 1. The van der Waals surface area contributed by atoms with E-state index in [9.17, 15) is 0 Å². The van der Waals surface area contributed by atoms with Gasteiger partial charge in [-0.3, -0.25) is 0 Å². The molecular formula is C7H11N3OS. The maximum absolute atomic E-state index is 8.57. The molecule has 5 heteroatoms. The van der Waals surface area contributed by atoms with Crippen molar-refractivity contribution in [3.05, 3.63) is 11.9 Å². The van der Waals surface area contributed by atoms with E-state index in [-0.39, 0.29) is 6.61 Å². The molecular weight excluding hydrogens is 174 g/mol. The zero-order chi connectivity index (χ0) is 8.97. The first kappa shape index (κ1) is 9.28. The predicted molar refractivity (Wildman–Crippen MR) is 49.0 cm³/mol. The molecule has 4 nitrogen and oxygen atoms in total. The van der Waals surface area contributed by atoms with Gasteiger partial charge in [-0.05, 0) is 6.92 Å². The van der Waals surface area contributed by atoms with Crippen molar-refractivity contribution in [2.75, 3.05) is 18.1 Å². The van der Waals surface area contributed by atoms with Crippen molar-refractivity contribution in [1.82, 2.24) is 9.97 Å². The van der Waals surface area contributed by atoms with E-state index in [0.29, 0.717) is 17.4 Å². The van der Waals surface area contributed by atoms with Crippen LogP contribution in [0.4, 0.5) is 5.82 Å². The zero-order valence-corrected chi connectivity index (χ0v) is 7.64. The summed E-state index contributed by atoms with van der Waals surface area (Å²) >= 11 is 1.47. The molecule has 0 unspecified atom stereocenters. The van der Waals surface area contributed by atoms with E-state index >= 15 is 0 Å². The summed E-state index contributed by atoms with van der Waals surface area (Å²) in [4.78, 5) is 8.07. The number of aryl methyl sites for hydroxylation is 1. The van der Waals surface area contributed by atoms with E-state index in [1.54, 1.807) is 13.0 Å². The minimum absolute atomic E-state index is 0.146. The second kappa shape index (κ2) is 4.27. The van der Waals surface area contributed by atoms with Gasteiger partial charge in [0.2, 0.25) is 0 Å². The molecule has 0 spiro atoms. The summed E-state index contributed by atoms with van der Waals surface area (Å²) in [5, 5.41) is 9.38. The average Bonchev–Trinajstić information content (AvgIpc) is 1.99. The molecule has 0 aliphatic heterocycles. The Balaban J connectivity index is 2.72. The quantitative estimate of drug-likeness (QED) is 0.528. The van der Waals surface area contributed by atoms with Gasteiger partial charge in [0, 0.05) is 11.8 Å². The van der Waals surface area contributed by atoms with Crippen LogP contribution in [0.1, 0.15) is 5.82 Å². The van der Waals surface area contributed by atoms with Crippen molar-refractivity contribution in [2.45, 2.75) is 11.9 Å². The number of anilines is 1. The highest BCUT2D eigenvalue weighted by molar-refractivity contribution is 7.99. The van der Waals surface area contributed by atoms with Gasteiger partial charge >= 0.3 is 0 Å². The fourth-order valence-corrected chi connectivity index (χ4v) is 1.49. The number of thioether (sulfide) groups is 1. The molecule has 0 aliphatic rings. The fourth-order valence-electron chi connectivity index (χ4n) is 0.787. The number of aliphatic hydroxyl groups is 1. The molecule has 0 saturated carbocycles. The molecule has 0 fully saturated rings. The standard InChI is InChI=1S/C7H11N3OS/c1-5-9-6(8)4-7(10-5)12-3-2-11/h4,11H,2-3H2,1H3,(H2,8,9,10). The van der Waals surface area contributed by atoms with Crippen LogP contribution < -0.4 is 5.73 Å². The monoisotopic (exact) mass is 185 g/mol. The first-order chi connectivity index (χ1) is 5.72. The normalized spacial score (nSPS) is 10.2. The Hall–Kier alpha value is -0.810. The lowest BCUT2D eigenvalue weighted by Gasteiger charge is -2.00. The summed E-state index contributed by atoms with van der Waals surface area (Å²) < 4.78 is 0. The Kier molecular flexibility index (Phi) is 3.31. The number of aromatic nitrogens is 2. The molecule has 0 bridgehead atoms. The molecule has 1 aromatic heterocycles. The molecule has 1 aromatic rings. The molecule has 0 aliphatic carbocycles. The number of hydrogen-bond donors (Lipinski definition) is 2. The van der Waals surface area contributed by atoms with Crippen LogP contribution in [0.5, 0.6) is 0 Å². The molecule has 66 valence electrons. The van der Waals surface area contributed by atoms with E-state index in [2.05, 4.69) is 9.97 Å². The van der Waals surface area contributed by atoms with Gasteiger partial charge in [0.15, 0.2) is 0 Å². The van der Waals surface area contributed by atoms with Crippen molar-refractivity contribution >= 4 is 17.6 Å². The smallest absolute Gasteiger partial charge is 0.128 e. The van der Waals surface area contributed by atoms with Gasteiger partial charge in [-0.1, -0.05) is 0 Å². The molecule has 0 atom stereocenters. The summed E-state index contributed by atoms with van der Waals surface area (Å²) in [5.41, 5.74) is 5.50. The first-order valence-corrected chi connectivity index (χ1v) is 4.56. The van der Waals surface area contributed by atoms with E-state index in [1.165, 1.54) is 11.8 Å². The van der Waals surface area contributed by atoms with Crippen molar-refractivity contribution in [3.63, 3.8) is 0 Å². The largest absolute Gasteiger partial charge is 0.396 e. The molecule has 0 amide bonds. The Morgan fingerprint density at radius 1 is 1.58 bits per heavy atom. The minimum Gasteiger partial charge on any atom is -0.396 e. The van der Waals surface area contributed by atoms with E-state index in [4.69, 9.17) is 10.8 Å². The van der Waals surface area contributed by atoms with Gasteiger partial charge in [-0.15, -0.1) is 11.8 Å². The Labute approximate surface area is 75.2 Å². The van der Waals surface area contributed by atoms with Crippen molar-refractivity contribution in [1.29, 1.82) is 0 Å². The van der Waals surface area contributed by atoms with Crippen molar-refractivity contribution in [2.24, 2.45) is 0 Å². The number of hydrogen-bond acceptors (Lipinski definition) is 5. The molecule has 3 N–H and O–H groups in total. The van der Waals surface area contributed by atoms with Crippen LogP contribution >= 0.6 is 11.8 Å². The summed E-state index contributed by atoms with van der Waals surface area (Å²) in [5.74, 6) is 1.77. The number of nitrogens with zero attached hydrogens (tertiary/aromatic N) is 2. The van der Waals surface area contributed by atoms with Crippen molar-refractivity contribution in [3.8, 4) is 0 Å². The zero-order valence-electron chi connectivity index (χ0n) is 6.82. The van der Waals surface area contributed by atoms with Crippen molar-refractivity contribution < 1.29 is 5.11 Å². The number of rotatable bonds is 3. The van der Waals surface area contributed by atoms with E-state index in [1.807, 2.05) is 0 Å². The molecule has 1 heterocycles. The number of aliphatic hydroxyl groups excluding tert-OH is 1. The van der Waals surface area contributed by atoms with Crippen LogP contribution in [0.15, 0.2) is 11.1 Å². The van der Waals surface area contributed by atoms with Crippen LogP contribution in [-0.2, 0) is 0 Å². The third-order valence-electron chi connectivity index (χ3n) is 1.18. The second-order valence-corrected chi connectivity index (χ2v) is 3.37. The summed E-state index contributed by atoms with van der Waals surface area (Å²) in [6.45, 7) is 1.94. The molecule has 0 saturated heterocycles. The third-order valence-corrected chi connectivity index (χ3v) is 2.07. The lowest BCUT2D eigenvalue weighted by molar-refractivity contribution is 0.322. The molecule has 1 rings (SSSR count). The predicted octanol–water partition coefficient (Wildman–Crippen LogP) is 0.452. The molecule has 0 radical (unpaired) electrons. The van der Waals surface area contributed by atoms with Crippen LogP contribution in [0.2, 0.25) is 0 Å². The minimum atomic E-state index is 0.146. The third kappa shape index (κ3) is 2.67. The molecule has 12 heavy (non-hydrogen) atoms. The van der Waals surface area contributed by atoms with Gasteiger partial charge in [-0.25, -0.2) is 9.97 Å². The van der Waals surface area contributed by atoms with Gasteiger partial charge in [0.05, 0.1) is 6.61 Å². The Morgan fingerprint density at radius 3 is 2.92 bits per heavy atom. The lowest BCUT2D eigenvalue weighted by atomic mass is 10.5. The highest BCUT2D eigenvalue weighted by atomic mass is 32.2. The van der Waals surface area contributed by atoms with Crippen LogP contribution in [0.25, 0.3) is 0 Å². The van der Waals surface area contributed by atoms with Gasteiger partial charge in [0.25, 0.3) is 0 Å². The Morgan fingerprint density at radius 2 is 2.33 bits per heavy atom. The summed E-state index contributed by atoms with van der Waals surface area (Å²) in [6, 6.07) is 1.70. The van der Waals surface area contributed by atoms with Crippen LogP contribution in [0, 0.1) is 6.92 Å². The highest BCUT2D eigenvalue weighted by Gasteiger charge is 1.98.